The highest BCUT2D eigenvalue weighted by Crippen LogP contribution is 2.47. The first-order valence-corrected chi connectivity index (χ1v) is 8.64. The molecule has 0 aromatic carbocycles. The van der Waals surface area contributed by atoms with Crippen molar-refractivity contribution >= 4 is 35.5 Å². The van der Waals surface area contributed by atoms with E-state index in [2.05, 4.69) is 5.32 Å². The quantitative estimate of drug-likeness (QED) is 0.513. The molecule has 0 unspecified atom stereocenters. The number of ether oxygens (including phenoxy) is 1. The van der Waals surface area contributed by atoms with E-state index in [9.17, 15) is 24.3 Å². The van der Waals surface area contributed by atoms with Crippen LogP contribution in [0, 0.1) is 5.92 Å². The maximum atomic E-state index is 12.3. The van der Waals surface area contributed by atoms with E-state index in [-0.39, 0.29) is 36.1 Å². The molecule has 2 aliphatic heterocycles. The summed E-state index contributed by atoms with van der Waals surface area (Å²) >= 11 is 1.19. The van der Waals surface area contributed by atoms with E-state index in [1.165, 1.54) is 30.5 Å². The summed E-state index contributed by atoms with van der Waals surface area (Å²) < 4.78 is 4.87. The number of β-lactam (4-membered cyclic amide) rings is 1. The number of nitrogens with zero attached hydrogens (tertiary/aromatic N) is 1. The van der Waals surface area contributed by atoms with Crippen LogP contribution >= 0.6 is 11.8 Å². The summed E-state index contributed by atoms with van der Waals surface area (Å²) in [6.45, 7) is 4.53. The molecule has 8 nitrogen and oxygen atoms in total. The van der Waals surface area contributed by atoms with Crippen LogP contribution in [0.2, 0.25) is 0 Å². The Morgan fingerprint density at radius 3 is 2.60 bits per heavy atom. The van der Waals surface area contributed by atoms with Crippen molar-refractivity contribution in [2.45, 2.75) is 39.7 Å². The summed E-state index contributed by atoms with van der Waals surface area (Å²) in [6, 6.07) is -0.217. The van der Waals surface area contributed by atoms with Gasteiger partial charge in [-0.15, -0.1) is 0 Å². The molecule has 2 aliphatic rings. The molecule has 0 saturated carbocycles. The highest BCUT2D eigenvalue weighted by molar-refractivity contribution is 8.05. The van der Waals surface area contributed by atoms with Gasteiger partial charge in [0.15, 0.2) is 0 Å². The van der Waals surface area contributed by atoms with Gasteiger partial charge in [0, 0.05) is 30.9 Å². The van der Waals surface area contributed by atoms with Crippen LogP contribution in [0.3, 0.4) is 0 Å². The minimum absolute atomic E-state index is 0.00406. The zero-order valence-corrected chi connectivity index (χ0v) is 15.0. The Morgan fingerprint density at radius 1 is 1.36 bits per heavy atom. The summed E-state index contributed by atoms with van der Waals surface area (Å²) in [5.41, 5.74) is 0.595. The van der Waals surface area contributed by atoms with Crippen LogP contribution in [0.15, 0.2) is 21.7 Å². The fourth-order valence-corrected chi connectivity index (χ4v) is 3.92. The number of allylic oxidation sites excluding steroid dienone is 1. The van der Waals surface area contributed by atoms with Gasteiger partial charge in [0.25, 0.3) is 0 Å². The molecule has 0 aromatic rings. The van der Waals surface area contributed by atoms with E-state index in [4.69, 9.17) is 4.74 Å². The molecule has 2 atom stereocenters. The molecule has 0 radical (unpaired) electrons. The minimum atomic E-state index is -1.15. The Hall–Kier alpha value is -2.29. The third kappa shape index (κ3) is 4.22. The second kappa shape index (κ2) is 7.73. The second-order valence-electron chi connectivity index (χ2n) is 5.89. The Morgan fingerprint density at radius 2 is 2.04 bits per heavy atom. The number of esters is 1. The van der Waals surface area contributed by atoms with Gasteiger partial charge in [-0.25, -0.2) is 4.79 Å². The lowest BCUT2D eigenvalue weighted by atomic mass is 9.85. The molecule has 1 fully saturated rings. The molecule has 0 aromatic heterocycles. The number of fused-ring (bicyclic) bond motifs is 1. The SMILES string of the molecule is CC(=O)NC(C)=CSC1=C(C(=O)O)N2C(=O)[C@@H](CCOC(C)=O)[C@H]2C1. The lowest BCUT2D eigenvalue weighted by Gasteiger charge is -2.43. The lowest BCUT2D eigenvalue weighted by molar-refractivity contribution is -0.157. The van der Waals surface area contributed by atoms with E-state index in [0.29, 0.717) is 23.4 Å². The van der Waals surface area contributed by atoms with E-state index in [0.717, 1.165) is 0 Å². The lowest BCUT2D eigenvalue weighted by Crippen LogP contribution is -2.58. The van der Waals surface area contributed by atoms with Gasteiger partial charge in [0.1, 0.15) is 5.70 Å². The molecule has 1 saturated heterocycles. The standard InChI is InChI=1S/C16H20N2O6S/c1-8(17-9(2)19)7-25-13-6-12-11(4-5-24-10(3)20)15(21)18(12)14(13)16(22)23/h7,11-12H,4-6H2,1-3H3,(H,17,19)(H,22,23)/t11-,12+/m0/s1. The molecule has 2 heterocycles. The van der Waals surface area contributed by atoms with Crippen molar-refractivity contribution in [3.63, 3.8) is 0 Å². The van der Waals surface area contributed by atoms with Crippen molar-refractivity contribution in [1.29, 1.82) is 0 Å². The Kier molecular flexibility index (Phi) is 5.89. The number of carboxylic acid groups (broad SMARTS) is 1. The van der Waals surface area contributed by atoms with E-state index in [1.807, 2.05) is 0 Å². The fraction of sp³-hybridized carbons (Fsp3) is 0.500. The molecular formula is C16H20N2O6S. The summed E-state index contributed by atoms with van der Waals surface area (Å²) in [4.78, 5) is 47.5. The molecule has 2 amide bonds. The van der Waals surface area contributed by atoms with Gasteiger partial charge in [-0.05, 0) is 18.8 Å². The zero-order chi connectivity index (χ0) is 18.7. The number of aliphatic carboxylic acids is 1. The fourth-order valence-electron chi connectivity index (χ4n) is 2.97. The molecule has 2 N–H and O–H groups in total. The van der Waals surface area contributed by atoms with Gasteiger partial charge in [0.05, 0.1) is 18.6 Å². The van der Waals surface area contributed by atoms with Gasteiger partial charge in [0.2, 0.25) is 11.8 Å². The monoisotopic (exact) mass is 368 g/mol. The van der Waals surface area contributed by atoms with Gasteiger partial charge in [-0.2, -0.15) is 0 Å². The van der Waals surface area contributed by atoms with Gasteiger partial charge in [-0.3, -0.25) is 14.4 Å². The van der Waals surface area contributed by atoms with Crippen LogP contribution in [0.5, 0.6) is 0 Å². The number of carbonyl (C=O) groups excluding carboxylic acids is 3. The molecule has 0 bridgehead atoms. The van der Waals surface area contributed by atoms with Crippen molar-refractivity contribution in [3.05, 3.63) is 21.7 Å². The van der Waals surface area contributed by atoms with Crippen molar-refractivity contribution in [1.82, 2.24) is 10.2 Å². The van der Waals surface area contributed by atoms with Gasteiger partial charge >= 0.3 is 11.9 Å². The molecule has 25 heavy (non-hydrogen) atoms. The van der Waals surface area contributed by atoms with Crippen LogP contribution in [-0.4, -0.2) is 46.4 Å². The average Bonchev–Trinajstić information content (AvgIpc) is 2.84. The second-order valence-corrected chi connectivity index (χ2v) is 6.86. The first-order valence-electron chi connectivity index (χ1n) is 7.76. The third-order valence-electron chi connectivity index (χ3n) is 3.94. The predicted octanol–water partition coefficient (Wildman–Crippen LogP) is 1.20. The van der Waals surface area contributed by atoms with Crippen molar-refractivity contribution in [2.75, 3.05) is 6.61 Å². The molecule has 0 aliphatic carbocycles. The van der Waals surface area contributed by atoms with Gasteiger partial charge < -0.3 is 20.1 Å². The van der Waals surface area contributed by atoms with E-state index >= 15 is 0 Å². The van der Waals surface area contributed by atoms with Crippen LogP contribution < -0.4 is 5.32 Å². The molecular weight excluding hydrogens is 348 g/mol. The first-order chi connectivity index (χ1) is 11.7. The number of hydrogen-bond donors (Lipinski definition) is 2. The Labute approximate surface area is 149 Å². The molecule has 2 rings (SSSR count). The smallest absolute Gasteiger partial charge is 0.353 e. The molecule has 0 spiro atoms. The minimum Gasteiger partial charge on any atom is -0.477 e. The first kappa shape index (κ1) is 19.0. The molecule has 9 heteroatoms. The van der Waals surface area contributed by atoms with Crippen LogP contribution in [-0.2, 0) is 23.9 Å². The summed E-state index contributed by atoms with van der Waals surface area (Å²) in [6.07, 6.45) is 0.817. The Balaban J connectivity index is 2.06. The summed E-state index contributed by atoms with van der Waals surface area (Å²) in [5, 5.41) is 13.7. The third-order valence-corrected chi connectivity index (χ3v) is 5.05. The number of rotatable bonds is 7. The Bertz CT molecular complexity index is 684. The number of amides is 2. The normalized spacial score (nSPS) is 22.4. The predicted molar refractivity (Wildman–Crippen MR) is 89.8 cm³/mol. The van der Waals surface area contributed by atoms with Crippen molar-refractivity contribution in [3.8, 4) is 0 Å². The summed E-state index contributed by atoms with van der Waals surface area (Å²) in [5.74, 6) is -2.37. The van der Waals surface area contributed by atoms with Crippen molar-refractivity contribution in [2.24, 2.45) is 5.92 Å². The topological polar surface area (TPSA) is 113 Å². The number of hydrogen-bond acceptors (Lipinski definition) is 6. The van der Waals surface area contributed by atoms with Crippen molar-refractivity contribution < 1.29 is 29.0 Å². The largest absolute Gasteiger partial charge is 0.477 e. The maximum absolute atomic E-state index is 12.3. The molecule has 136 valence electrons. The number of nitrogens with one attached hydrogen (secondary N) is 1. The van der Waals surface area contributed by atoms with E-state index < -0.39 is 11.9 Å². The number of carbonyl (C=O) groups is 4. The van der Waals surface area contributed by atoms with Crippen LogP contribution in [0.4, 0.5) is 0 Å². The average molecular weight is 368 g/mol. The number of thioether (sulfide) groups is 1. The zero-order valence-electron chi connectivity index (χ0n) is 14.2. The van der Waals surface area contributed by atoms with Crippen LogP contribution in [0.25, 0.3) is 0 Å². The van der Waals surface area contributed by atoms with Gasteiger partial charge in [-0.1, -0.05) is 11.8 Å². The summed E-state index contributed by atoms with van der Waals surface area (Å²) in [7, 11) is 0. The highest BCUT2D eigenvalue weighted by Gasteiger charge is 2.54. The maximum Gasteiger partial charge on any atom is 0.353 e. The van der Waals surface area contributed by atoms with E-state index in [1.54, 1.807) is 12.3 Å². The van der Waals surface area contributed by atoms with Crippen LogP contribution in [0.1, 0.15) is 33.6 Å². The number of carboxylic acids is 1. The highest BCUT2D eigenvalue weighted by atomic mass is 32.2.